The van der Waals surface area contributed by atoms with E-state index >= 15 is 0 Å². The van der Waals surface area contributed by atoms with E-state index in [1.807, 2.05) is 4.90 Å². The molecule has 1 aliphatic carbocycles. The fraction of sp³-hybridized carbons (Fsp3) is 0.611. The molecule has 1 unspecified atom stereocenters. The summed E-state index contributed by atoms with van der Waals surface area (Å²) in [5.74, 6) is -0.476. The molecular weight excluding hydrogens is 343 g/mol. The highest BCUT2D eigenvalue weighted by Crippen LogP contribution is 2.52. The maximum absolute atomic E-state index is 13.8. The number of halogens is 1. The molecule has 1 amide bonds. The number of rotatable bonds is 3. The molecule has 3 aliphatic rings. The van der Waals surface area contributed by atoms with Gasteiger partial charge in [0.1, 0.15) is 10.7 Å². The van der Waals surface area contributed by atoms with E-state index in [2.05, 4.69) is 6.92 Å². The van der Waals surface area contributed by atoms with Crippen LogP contribution in [0.2, 0.25) is 0 Å². The predicted octanol–water partition coefficient (Wildman–Crippen LogP) is 2.38. The zero-order valence-electron chi connectivity index (χ0n) is 14.3. The van der Waals surface area contributed by atoms with Crippen LogP contribution in [0, 0.1) is 11.2 Å². The van der Waals surface area contributed by atoms with Gasteiger partial charge in [-0.25, -0.2) is 12.8 Å². The van der Waals surface area contributed by atoms with Crippen LogP contribution in [0.1, 0.15) is 39.0 Å². The molecule has 0 radical (unpaired) electrons. The van der Waals surface area contributed by atoms with Gasteiger partial charge >= 0.3 is 0 Å². The van der Waals surface area contributed by atoms with E-state index in [9.17, 15) is 17.6 Å². The average Bonchev–Trinajstić information content (AvgIpc) is 2.47. The molecule has 3 fully saturated rings. The van der Waals surface area contributed by atoms with Crippen LogP contribution < -0.4 is 0 Å². The lowest BCUT2D eigenvalue weighted by Gasteiger charge is -2.61. The van der Waals surface area contributed by atoms with Crippen LogP contribution in [0.4, 0.5) is 4.39 Å². The first-order valence-electron chi connectivity index (χ1n) is 8.88. The van der Waals surface area contributed by atoms with E-state index in [0.29, 0.717) is 19.5 Å². The van der Waals surface area contributed by atoms with E-state index < -0.39 is 15.8 Å². The number of carbonyl (C=O) groups excluding carboxylic acids is 1. The van der Waals surface area contributed by atoms with Gasteiger partial charge in [-0.1, -0.05) is 12.1 Å². The number of nitrogens with zero attached hydrogens (tertiary/aromatic N) is 2. The number of carbonyl (C=O) groups is 1. The maximum Gasteiger partial charge on any atom is 0.246 e. The Morgan fingerprint density at radius 2 is 1.88 bits per heavy atom. The number of hydrogen-bond donors (Lipinski definition) is 0. The third-order valence-electron chi connectivity index (χ3n) is 5.98. The minimum Gasteiger partial charge on any atom is -0.337 e. The largest absolute Gasteiger partial charge is 0.337 e. The van der Waals surface area contributed by atoms with Gasteiger partial charge in [0, 0.05) is 37.0 Å². The van der Waals surface area contributed by atoms with Gasteiger partial charge in [-0.2, -0.15) is 4.31 Å². The van der Waals surface area contributed by atoms with Crippen LogP contribution in [0.25, 0.3) is 0 Å². The minimum absolute atomic E-state index is 0.0273. The predicted molar refractivity (Wildman–Crippen MR) is 90.8 cm³/mol. The number of piperidine rings is 1. The van der Waals surface area contributed by atoms with Crippen molar-refractivity contribution in [1.82, 2.24) is 9.21 Å². The minimum atomic E-state index is -3.77. The highest BCUT2D eigenvalue weighted by atomic mass is 32.2. The lowest BCUT2D eigenvalue weighted by atomic mass is 9.60. The van der Waals surface area contributed by atoms with E-state index in [4.69, 9.17) is 0 Å². The second-order valence-electron chi connectivity index (χ2n) is 7.81. The Hall–Kier alpha value is -1.47. The first-order chi connectivity index (χ1) is 11.8. The van der Waals surface area contributed by atoms with Gasteiger partial charge < -0.3 is 4.90 Å². The molecule has 1 saturated carbocycles. The number of amides is 1. The summed E-state index contributed by atoms with van der Waals surface area (Å²) in [6, 6.07) is 6.02. The molecular formula is C18H23FN2O3S. The zero-order valence-corrected chi connectivity index (χ0v) is 15.1. The van der Waals surface area contributed by atoms with E-state index in [1.54, 1.807) is 0 Å². The number of likely N-dealkylation sites (tertiary alicyclic amines) is 1. The summed E-state index contributed by atoms with van der Waals surface area (Å²) in [6.07, 6.45) is 4.34. The number of hydrogen-bond acceptors (Lipinski definition) is 3. The van der Waals surface area contributed by atoms with Crippen LogP contribution >= 0.6 is 0 Å². The average molecular weight is 366 g/mol. The first kappa shape index (κ1) is 17.0. The Labute approximate surface area is 147 Å². The van der Waals surface area contributed by atoms with Crippen molar-refractivity contribution in [3.05, 3.63) is 30.1 Å². The van der Waals surface area contributed by atoms with Gasteiger partial charge in [-0.15, -0.1) is 0 Å². The standard InChI is InChI=1S/C18H23FN2O3S/c1-13-5-4-8-17(22)21(13)14-9-18(10-14)11-20(12-18)25(23,24)16-7-3-2-6-15(16)19/h2-3,6-7,13-14H,4-5,8-12H2,1H3. The van der Waals surface area contributed by atoms with Crippen LogP contribution in [-0.2, 0) is 14.8 Å². The number of benzene rings is 1. The van der Waals surface area contributed by atoms with Crippen molar-refractivity contribution in [2.45, 2.75) is 56.0 Å². The Morgan fingerprint density at radius 3 is 2.52 bits per heavy atom. The molecule has 136 valence electrons. The van der Waals surface area contributed by atoms with Crippen molar-refractivity contribution >= 4 is 15.9 Å². The van der Waals surface area contributed by atoms with E-state index in [0.717, 1.165) is 25.7 Å². The lowest BCUT2D eigenvalue weighted by Crippen LogP contribution is -2.68. The Morgan fingerprint density at radius 1 is 1.20 bits per heavy atom. The van der Waals surface area contributed by atoms with Crippen molar-refractivity contribution < 1.29 is 17.6 Å². The summed E-state index contributed by atoms with van der Waals surface area (Å²) in [5, 5.41) is 0. The van der Waals surface area contributed by atoms with Crippen molar-refractivity contribution in [2.75, 3.05) is 13.1 Å². The summed E-state index contributed by atoms with van der Waals surface area (Å²) in [7, 11) is -3.77. The third kappa shape index (κ3) is 2.68. The van der Waals surface area contributed by atoms with Gasteiger partial charge in [-0.05, 0) is 44.7 Å². The summed E-state index contributed by atoms with van der Waals surface area (Å²) in [4.78, 5) is 13.9. The number of sulfonamides is 1. The topological polar surface area (TPSA) is 57.7 Å². The van der Waals surface area contributed by atoms with E-state index in [-0.39, 0.29) is 28.3 Å². The molecule has 0 aromatic heterocycles. The molecule has 2 aliphatic heterocycles. The quantitative estimate of drug-likeness (QED) is 0.825. The molecule has 5 nitrogen and oxygen atoms in total. The molecule has 25 heavy (non-hydrogen) atoms. The van der Waals surface area contributed by atoms with E-state index in [1.165, 1.54) is 28.6 Å². The molecule has 1 aromatic carbocycles. The zero-order chi connectivity index (χ0) is 17.8. The summed E-state index contributed by atoms with van der Waals surface area (Å²) >= 11 is 0. The van der Waals surface area contributed by atoms with Gasteiger partial charge in [0.25, 0.3) is 0 Å². The fourth-order valence-electron chi connectivity index (χ4n) is 4.69. The van der Waals surface area contributed by atoms with Crippen LogP contribution in [0.3, 0.4) is 0 Å². The first-order valence-corrected chi connectivity index (χ1v) is 10.3. The molecule has 0 bridgehead atoms. The Kier molecular flexibility index (Phi) is 3.92. The van der Waals surface area contributed by atoms with Crippen molar-refractivity contribution in [3.8, 4) is 0 Å². The molecule has 1 aromatic rings. The lowest BCUT2D eigenvalue weighted by molar-refractivity contribution is -0.151. The van der Waals surface area contributed by atoms with Crippen molar-refractivity contribution in [3.63, 3.8) is 0 Å². The smallest absolute Gasteiger partial charge is 0.246 e. The monoisotopic (exact) mass is 366 g/mol. The summed E-state index contributed by atoms with van der Waals surface area (Å²) in [6.45, 7) is 2.95. The second kappa shape index (κ2) is 5.77. The van der Waals surface area contributed by atoms with Gasteiger partial charge in [0.2, 0.25) is 15.9 Å². The molecule has 0 N–H and O–H groups in total. The fourth-order valence-corrected chi connectivity index (χ4v) is 6.42. The molecule has 7 heteroatoms. The van der Waals surface area contributed by atoms with Crippen molar-refractivity contribution in [1.29, 1.82) is 0 Å². The van der Waals surface area contributed by atoms with Crippen LogP contribution in [0.5, 0.6) is 0 Å². The Bertz CT molecular complexity index is 796. The summed E-state index contributed by atoms with van der Waals surface area (Å²) in [5.41, 5.74) is -0.0273. The molecule has 2 heterocycles. The Balaban J connectivity index is 1.40. The van der Waals surface area contributed by atoms with Gasteiger partial charge in [0.05, 0.1) is 0 Å². The molecule has 4 rings (SSSR count). The molecule has 2 saturated heterocycles. The van der Waals surface area contributed by atoms with Crippen LogP contribution in [-0.4, -0.2) is 48.7 Å². The second-order valence-corrected chi connectivity index (χ2v) is 9.71. The van der Waals surface area contributed by atoms with Crippen molar-refractivity contribution in [2.24, 2.45) is 5.41 Å². The van der Waals surface area contributed by atoms with Crippen LogP contribution in [0.15, 0.2) is 29.2 Å². The highest BCUT2D eigenvalue weighted by Gasteiger charge is 2.58. The maximum atomic E-state index is 13.8. The summed E-state index contributed by atoms with van der Waals surface area (Å²) < 4.78 is 40.3. The normalized spacial score (nSPS) is 27.2. The SMILES string of the molecule is CC1CCCC(=O)N1C1CC2(C1)CN(S(=O)(=O)c1ccccc1F)C2. The third-order valence-corrected chi connectivity index (χ3v) is 7.81. The highest BCUT2D eigenvalue weighted by molar-refractivity contribution is 7.89. The van der Waals surface area contributed by atoms with Gasteiger partial charge in [0.15, 0.2) is 0 Å². The van der Waals surface area contributed by atoms with Gasteiger partial charge in [-0.3, -0.25) is 4.79 Å². The molecule has 1 atom stereocenters. The molecule has 1 spiro atoms.